The van der Waals surface area contributed by atoms with Crippen molar-refractivity contribution >= 4 is 17.5 Å². The fourth-order valence-corrected chi connectivity index (χ4v) is 3.33. The van der Waals surface area contributed by atoms with Crippen LogP contribution in [0.15, 0.2) is 12.3 Å². The maximum Gasteiger partial charge on any atom is 0.270 e. The van der Waals surface area contributed by atoms with Gasteiger partial charge in [-0.3, -0.25) is 4.79 Å². The third-order valence-corrected chi connectivity index (χ3v) is 4.70. The van der Waals surface area contributed by atoms with Gasteiger partial charge in [-0.15, -0.1) is 0 Å². The minimum absolute atomic E-state index is 0.129. The topological polar surface area (TPSA) is 37.3 Å². The largest absolute Gasteiger partial charge is 0.342 e. The van der Waals surface area contributed by atoms with Gasteiger partial charge in [0.25, 0.3) is 5.91 Å². The van der Waals surface area contributed by atoms with Crippen molar-refractivity contribution in [1.82, 2.24) is 14.8 Å². The highest BCUT2D eigenvalue weighted by Gasteiger charge is 2.30. The van der Waals surface area contributed by atoms with E-state index < -0.39 is 0 Å². The van der Waals surface area contributed by atoms with Gasteiger partial charge in [0.05, 0.1) is 5.02 Å². The van der Waals surface area contributed by atoms with E-state index in [1.54, 1.807) is 6.07 Å². The van der Waals surface area contributed by atoms with Crippen LogP contribution < -0.4 is 5.32 Å². The summed E-state index contributed by atoms with van der Waals surface area (Å²) in [6.45, 7) is 5.60. The van der Waals surface area contributed by atoms with E-state index in [1.165, 1.54) is 25.7 Å². The lowest BCUT2D eigenvalue weighted by molar-refractivity contribution is 0.0723. The molecule has 116 valence electrons. The van der Waals surface area contributed by atoms with Gasteiger partial charge in [0.2, 0.25) is 0 Å². The summed E-state index contributed by atoms with van der Waals surface area (Å²) < 4.78 is 1.95. The Bertz CT molecular complexity index is 504. The molecule has 0 bridgehead atoms. The molecule has 0 radical (unpaired) electrons. The zero-order valence-corrected chi connectivity index (χ0v) is 13.4. The molecule has 1 aliphatic heterocycles. The quantitative estimate of drug-likeness (QED) is 0.877. The van der Waals surface area contributed by atoms with Crippen LogP contribution in [0, 0.1) is 5.92 Å². The van der Waals surface area contributed by atoms with Crippen LogP contribution in [-0.2, 0) is 6.54 Å². The van der Waals surface area contributed by atoms with Crippen molar-refractivity contribution in [2.75, 3.05) is 19.6 Å². The van der Waals surface area contributed by atoms with Crippen LogP contribution in [0.4, 0.5) is 0 Å². The SMILES string of the molecule is CCn1cc(Cl)cc1C(=O)N(CC1CC1)CC1CCCN1. The molecule has 1 aromatic heterocycles. The summed E-state index contributed by atoms with van der Waals surface area (Å²) in [6.07, 6.45) is 6.75. The van der Waals surface area contributed by atoms with E-state index in [2.05, 4.69) is 5.32 Å². The van der Waals surface area contributed by atoms with Gasteiger partial charge in [-0.25, -0.2) is 0 Å². The smallest absolute Gasteiger partial charge is 0.270 e. The molecule has 3 rings (SSSR count). The van der Waals surface area contributed by atoms with E-state index in [1.807, 2.05) is 22.6 Å². The average molecular weight is 310 g/mol. The summed E-state index contributed by atoms with van der Waals surface area (Å²) >= 11 is 6.08. The number of carbonyl (C=O) groups is 1. The summed E-state index contributed by atoms with van der Waals surface area (Å²) in [5, 5.41) is 4.14. The van der Waals surface area contributed by atoms with Crippen molar-refractivity contribution in [2.24, 2.45) is 5.92 Å². The standard InChI is InChI=1S/C16H24ClN3O/c1-2-19-10-13(17)8-15(19)16(21)20(9-12-5-6-12)11-14-4-3-7-18-14/h8,10,12,14,18H,2-7,9,11H2,1H3. The van der Waals surface area contributed by atoms with E-state index in [9.17, 15) is 4.79 Å². The Morgan fingerprint density at radius 2 is 2.24 bits per heavy atom. The van der Waals surface area contributed by atoms with Gasteiger partial charge >= 0.3 is 0 Å². The van der Waals surface area contributed by atoms with Crippen LogP contribution in [0.2, 0.25) is 5.02 Å². The van der Waals surface area contributed by atoms with Crippen LogP contribution in [-0.4, -0.2) is 41.1 Å². The molecule has 4 nitrogen and oxygen atoms in total. The second kappa shape index (κ2) is 6.41. The first-order chi connectivity index (χ1) is 10.2. The number of aromatic nitrogens is 1. The molecule has 0 aromatic carbocycles. The molecule has 1 unspecified atom stereocenters. The molecule has 5 heteroatoms. The Kier molecular flexibility index (Phi) is 4.55. The lowest BCUT2D eigenvalue weighted by Gasteiger charge is -2.26. The summed E-state index contributed by atoms with van der Waals surface area (Å²) in [5.74, 6) is 0.834. The highest BCUT2D eigenvalue weighted by Crippen LogP contribution is 2.30. The molecule has 2 fully saturated rings. The number of aryl methyl sites for hydroxylation is 1. The summed E-state index contributed by atoms with van der Waals surface area (Å²) in [4.78, 5) is 14.9. The van der Waals surface area contributed by atoms with E-state index >= 15 is 0 Å². The van der Waals surface area contributed by atoms with E-state index in [0.29, 0.717) is 17.0 Å². The predicted octanol–water partition coefficient (Wildman–Crippen LogP) is 2.77. The highest BCUT2D eigenvalue weighted by molar-refractivity contribution is 6.31. The third kappa shape index (κ3) is 3.61. The van der Waals surface area contributed by atoms with Gasteiger partial charge in [-0.2, -0.15) is 0 Å². The fourth-order valence-electron chi connectivity index (χ4n) is 3.11. The lowest BCUT2D eigenvalue weighted by Crippen LogP contribution is -2.42. The molecule has 2 heterocycles. The molecule has 1 aromatic rings. The van der Waals surface area contributed by atoms with Crippen molar-refractivity contribution in [1.29, 1.82) is 0 Å². The third-order valence-electron chi connectivity index (χ3n) is 4.49. The summed E-state index contributed by atoms with van der Waals surface area (Å²) in [5.41, 5.74) is 0.723. The minimum atomic E-state index is 0.129. The summed E-state index contributed by atoms with van der Waals surface area (Å²) in [6, 6.07) is 2.25. The zero-order chi connectivity index (χ0) is 14.8. The second-order valence-electron chi connectivity index (χ2n) is 6.28. The molecule has 1 atom stereocenters. The van der Waals surface area contributed by atoms with Gasteiger partial charge in [0, 0.05) is 31.9 Å². The molecule has 1 N–H and O–H groups in total. The fraction of sp³-hybridized carbons (Fsp3) is 0.688. The van der Waals surface area contributed by atoms with Crippen LogP contribution in [0.5, 0.6) is 0 Å². The summed E-state index contributed by atoms with van der Waals surface area (Å²) in [7, 11) is 0. The first-order valence-electron chi connectivity index (χ1n) is 8.05. The van der Waals surface area contributed by atoms with Gasteiger partial charge in [0.15, 0.2) is 0 Å². The van der Waals surface area contributed by atoms with Gasteiger partial charge < -0.3 is 14.8 Å². The lowest BCUT2D eigenvalue weighted by atomic mass is 10.2. The van der Waals surface area contributed by atoms with Gasteiger partial charge in [-0.1, -0.05) is 11.6 Å². The van der Waals surface area contributed by atoms with Crippen molar-refractivity contribution in [3.05, 3.63) is 23.0 Å². The molecule has 1 saturated carbocycles. The first kappa shape index (κ1) is 14.9. The monoisotopic (exact) mass is 309 g/mol. The zero-order valence-electron chi connectivity index (χ0n) is 12.6. The van der Waals surface area contributed by atoms with Crippen molar-refractivity contribution < 1.29 is 4.79 Å². The maximum absolute atomic E-state index is 12.9. The van der Waals surface area contributed by atoms with Gasteiger partial charge in [0.1, 0.15) is 5.69 Å². The molecule has 1 saturated heterocycles. The van der Waals surface area contributed by atoms with Crippen molar-refractivity contribution in [2.45, 2.75) is 45.2 Å². The highest BCUT2D eigenvalue weighted by atomic mass is 35.5. The number of halogens is 1. The minimum Gasteiger partial charge on any atom is -0.342 e. The first-order valence-corrected chi connectivity index (χ1v) is 8.43. The number of hydrogen-bond donors (Lipinski definition) is 1. The average Bonchev–Trinajstić information content (AvgIpc) is 2.99. The van der Waals surface area contributed by atoms with Crippen molar-refractivity contribution in [3.63, 3.8) is 0 Å². The Labute approximate surface area is 131 Å². The Morgan fingerprint density at radius 3 is 2.86 bits per heavy atom. The van der Waals surface area contributed by atoms with E-state index in [4.69, 9.17) is 11.6 Å². The second-order valence-corrected chi connectivity index (χ2v) is 6.71. The van der Waals surface area contributed by atoms with Crippen LogP contribution >= 0.6 is 11.6 Å². The number of nitrogens with zero attached hydrogens (tertiary/aromatic N) is 2. The maximum atomic E-state index is 12.9. The normalized spacial score (nSPS) is 21.7. The molecular formula is C16H24ClN3O. The Hall–Kier alpha value is -1.00. The number of hydrogen-bond acceptors (Lipinski definition) is 2. The number of carbonyl (C=O) groups excluding carboxylic acids is 1. The van der Waals surface area contributed by atoms with Crippen molar-refractivity contribution in [3.8, 4) is 0 Å². The van der Waals surface area contributed by atoms with Crippen LogP contribution in [0.3, 0.4) is 0 Å². The van der Waals surface area contributed by atoms with E-state index in [-0.39, 0.29) is 5.91 Å². The molecule has 1 amide bonds. The molecular weight excluding hydrogens is 286 g/mol. The molecule has 2 aliphatic rings. The van der Waals surface area contributed by atoms with E-state index in [0.717, 1.165) is 31.9 Å². The molecule has 21 heavy (non-hydrogen) atoms. The molecule has 0 spiro atoms. The van der Waals surface area contributed by atoms with Crippen LogP contribution in [0.1, 0.15) is 43.1 Å². The molecule has 1 aliphatic carbocycles. The number of rotatable bonds is 6. The van der Waals surface area contributed by atoms with Crippen LogP contribution in [0.25, 0.3) is 0 Å². The Morgan fingerprint density at radius 1 is 1.43 bits per heavy atom. The Balaban J connectivity index is 1.74. The predicted molar refractivity (Wildman–Crippen MR) is 84.8 cm³/mol. The number of nitrogens with one attached hydrogen (secondary N) is 1. The number of amides is 1. The van der Waals surface area contributed by atoms with Gasteiger partial charge in [-0.05, 0) is 51.1 Å².